The van der Waals surface area contributed by atoms with Gasteiger partial charge in [-0.1, -0.05) is 6.07 Å². The predicted octanol–water partition coefficient (Wildman–Crippen LogP) is 1.90. The van der Waals surface area contributed by atoms with Gasteiger partial charge in [0.2, 0.25) is 12.7 Å². The number of carbonyl (C=O) groups excluding carboxylic acids is 1. The molecule has 11 heteroatoms. The maximum atomic E-state index is 12.5. The number of amides is 1. The Bertz CT molecular complexity index is 1210. The summed E-state index contributed by atoms with van der Waals surface area (Å²) in [4.78, 5) is 21.3. The average Bonchev–Trinajstić information content (AvgIpc) is 3.61. The van der Waals surface area contributed by atoms with Crippen molar-refractivity contribution >= 4 is 5.91 Å². The molecular weight excluding hydrogens is 492 g/mol. The molecule has 0 saturated carbocycles. The van der Waals surface area contributed by atoms with E-state index < -0.39 is 6.10 Å². The third-order valence-corrected chi connectivity index (χ3v) is 6.47. The van der Waals surface area contributed by atoms with Crippen LogP contribution in [0.2, 0.25) is 0 Å². The van der Waals surface area contributed by atoms with Gasteiger partial charge < -0.3 is 33.8 Å². The van der Waals surface area contributed by atoms with Crippen LogP contribution in [-0.4, -0.2) is 85.1 Å². The number of rotatable bonds is 11. The van der Waals surface area contributed by atoms with Crippen LogP contribution in [0.25, 0.3) is 0 Å². The number of nitrogens with zero attached hydrogens (tertiary/aromatic N) is 3. The second-order valence-corrected chi connectivity index (χ2v) is 9.21. The molecule has 11 nitrogen and oxygen atoms in total. The molecule has 1 saturated heterocycles. The number of hydrogen-bond donors (Lipinski definition) is 2. The van der Waals surface area contributed by atoms with E-state index in [0.717, 1.165) is 37.5 Å². The van der Waals surface area contributed by atoms with E-state index in [4.69, 9.17) is 23.4 Å². The molecule has 2 aliphatic rings. The molecule has 0 aliphatic carbocycles. The Kier molecular flexibility index (Phi) is 8.27. The van der Waals surface area contributed by atoms with Crippen molar-refractivity contribution in [2.24, 2.45) is 0 Å². The Balaban J connectivity index is 1.01. The van der Waals surface area contributed by atoms with Crippen molar-refractivity contribution in [3.05, 3.63) is 65.9 Å². The van der Waals surface area contributed by atoms with Gasteiger partial charge in [0.1, 0.15) is 30.5 Å². The first kappa shape index (κ1) is 25.8. The summed E-state index contributed by atoms with van der Waals surface area (Å²) in [6, 6.07) is 12.9. The lowest BCUT2D eigenvalue weighted by atomic mass is 10.2. The van der Waals surface area contributed by atoms with Crippen molar-refractivity contribution < 1.29 is 33.3 Å². The maximum Gasteiger partial charge on any atom is 0.273 e. The van der Waals surface area contributed by atoms with Crippen LogP contribution in [0.1, 0.15) is 21.9 Å². The molecule has 0 spiro atoms. The number of methoxy groups -OCH3 is 1. The number of benzene rings is 2. The maximum absolute atomic E-state index is 12.5. The Morgan fingerprint density at radius 3 is 2.58 bits per heavy atom. The fraction of sp³-hybridized carbons (Fsp3) is 0.407. The van der Waals surface area contributed by atoms with Crippen LogP contribution >= 0.6 is 0 Å². The molecule has 3 aromatic rings. The number of β-amino-alcohol motifs (C(OH)–C–C–N with tert-alkyl or cyclic N) is 1. The van der Waals surface area contributed by atoms with Gasteiger partial charge in [0.15, 0.2) is 17.2 Å². The van der Waals surface area contributed by atoms with Gasteiger partial charge in [-0.15, -0.1) is 0 Å². The topological polar surface area (TPSA) is 119 Å². The zero-order chi connectivity index (χ0) is 26.3. The van der Waals surface area contributed by atoms with Gasteiger partial charge >= 0.3 is 0 Å². The predicted molar refractivity (Wildman–Crippen MR) is 136 cm³/mol. The molecule has 202 valence electrons. The van der Waals surface area contributed by atoms with Crippen LogP contribution < -0.4 is 24.3 Å². The molecule has 2 aliphatic heterocycles. The largest absolute Gasteiger partial charge is 0.497 e. The fourth-order valence-electron chi connectivity index (χ4n) is 4.35. The number of carbonyl (C=O) groups is 1. The summed E-state index contributed by atoms with van der Waals surface area (Å²) in [5.74, 6) is 3.04. The number of fused-ring (bicyclic) bond motifs is 1. The number of aromatic nitrogens is 1. The monoisotopic (exact) mass is 524 g/mol. The number of hydrogen-bond acceptors (Lipinski definition) is 10. The summed E-state index contributed by atoms with van der Waals surface area (Å²) in [7, 11) is 1.62. The molecule has 1 fully saturated rings. The lowest BCUT2D eigenvalue weighted by Crippen LogP contribution is -2.48. The molecule has 1 aromatic heterocycles. The van der Waals surface area contributed by atoms with Crippen molar-refractivity contribution in [1.82, 2.24) is 20.1 Å². The zero-order valence-electron chi connectivity index (χ0n) is 21.3. The van der Waals surface area contributed by atoms with E-state index in [1.54, 1.807) is 7.11 Å². The van der Waals surface area contributed by atoms with E-state index in [0.29, 0.717) is 42.8 Å². The van der Waals surface area contributed by atoms with Gasteiger partial charge in [0, 0.05) is 39.3 Å². The molecule has 1 amide bonds. The Labute approximate surface area is 220 Å². The van der Waals surface area contributed by atoms with Crippen LogP contribution in [-0.2, 0) is 13.1 Å². The first-order valence-corrected chi connectivity index (χ1v) is 12.6. The number of ether oxygens (including phenoxy) is 4. The molecule has 38 heavy (non-hydrogen) atoms. The van der Waals surface area contributed by atoms with Gasteiger partial charge in [0.25, 0.3) is 5.91 Å². The van der Waals surface area contributed by atoms with E-state index in [1.807, 2.05) is 42.5 Å². The molecule has 5 rings (SSSR count). The van der Waals surface area contributed by atoms with Crippen LogP contribution in [0.5, 0.6) is 23.0 Å². The fourth-order valence-corrected chi connectivity index (χ4v) is 4.35. The van der Waals surface area contributed by atoms with Crippen molar-refractivity contribution in [2.75, 3.05) is 53.2 Å². The standard InChI is InChI=1S/C27H32N4O7/c1-34-21-3-5-22(6-4-21)35-16-20(32)14-30-8-10-31(11-9-30)15-26-29-23(17-36-26)27(33)28-13-19-2-7-24-25(12-19)38-18-37-24/h2-7,12,17,20,32H,8-11,13-16,18H2,1H3,(H,28,33)/t20-/m0/s1. The third-order valence-electron chi connectivity index (χ3n) is 6.47. The molecule has 3 heterocycles. The minimum atomic E-state index is -0.589. The summed E-state index contributed by atoms with van der Waals surface area (Å²) >= 11 is 0. The normalized spacial score (nSPS) is 16.3. The molecule has 0 bridgehead atoms. The van der Waals surface area contributed by atoms with Gasteiger partial charge in [-0.3, -0.25) is 14.6 Å². The minimum absolute atomic E-state index is 0.212. The number of nitrogens with one attached hydrogen (secondary N) is 1. The van der Waals surface area contributed by atoms with Crippen LogP contribution in [0, 0.1) is 0 Å². The van der Waals surface area contributed by atoms with Crippen LogP contribution in [0.4, 0.5) is 0 Å². The highest BCUT2D eigenvalue weighted by molar-refractivity contribution is 5.91. The highest BCUT2D eigenvalue weighted by Gasteiger charge is 2.22. The van der Waals surface area contributed by atoms with Gasteiger partial charge in [-0.05, 0) is 42.0 Å². The van der Waals surface area contributed by atoms with Crippen LogP contribution in [0.15, 0.2) is 53.1 Å². The smallest absolute Gasteiger partial charge is 0.273 e. The van der Waals surface area contributed by atoms with E-state index in [9.17, 15) is 9.90 Å². The van der Waals surface area contributed by atoms with E-state index in [2.05, 4.69) is 20.1 Å². The molecule has 2 aromatic carbocycles. The number of aliphatic hydroxyl groups is 1. The quantitative estimate of drug-likeness (QED) is 0.385. The van der Waals surface area contributed by atoms with E-state index in [1.165, 1.54) is 6.26 Å². The summed E-state index contributed by atoms with van der Waals surface area (Å²) in [5, 5.41) is 13.3. The Hall–Kier alpha value is -3.80. The number of piperazine rings is 1. The first-order valence-electron chi connectivity index (χ1n) is 12.6. The van der Waals surface area contributed by atoms with Crippen LogP contribution in [0.3, 0.4) is 0 Å². The zero-order valence-corrected chi connectivity index (χ0v) is 21.3. The van der Waals surface area contributed by atoms with Gasteiger partial charge in [0.05, 0.1) is 13.7 Å². The molecule has 1 atom stereocenters. The molecule has 0 radical (unpaired) electrons. The average molecular weight is 525 g/mol. The Morgan fingerprint density at radius 2 is 1.79 bits per heavy atom. The van der Waals surface area contributed by atoms with Gasteiger partial charge in [-0.2, -0.15) is 0 Å². The summed E-state index contributed by atoms with van der Waals surface area (Å²) in [6.45, 7) is 5.07. The highest BCUT2D eigenvalue weighted by Crippen LogP contribution is 2.32. The molecular formula is C27H32N4O7. The van der Waals surface area contributed by atoms with Crippen molar-refractivity contribution in [2.45, 2.75) is 19.2 Å². The summed E-state index contributed by atoms with van der Waals surface area (Å²) < 4.78 is 27.1. The molecule has 0 unspecified atom stereocenters. The second-order valence-electron chi connectivity index (χ2n) is 9.21. The van der Waals surface area contributed by atoms with Crippen molar-refractivity contribution in [3.8, 4) is 23.0 Å². The summed E-state index contributed by atoms with van der Waals surface area (Å²) in [6.07, 6.45) is 0.800. The Morgan fingerprint density at radius 1 is 1.05 bits per heavy atom. The minimum Gasteiger partial charge on any atom is -0.497 e. The lowest BCUT2D eigenvalue weighted by Gasteiger charge is -2.34. The molecule has 2 N–H and O–H groups in total. The number of oxazole rings is 1. The number of aliphatic hydroxyl groups excluding tert-OH is 1. The lowest BCUT2D eigenvalue weighted by molar-refractivity contribution is 0.0430. The van der Waals surface area contributed by atoms with Crippen molar-refractivity contribution in [1.29, 1.82) is 0 Å². The highest BCUT2D eigenvalue weighted by atomic mass is 16.7. The van der Waals surface area contributed by atoms with Crippen molar-refractivity contribution in [3.63, 3.8) is 0 Å². The SMILES string of the molecule is COc1ccc(OC[C@@H](O)CN2CCN(Cc3nc(C(=O)NCc4ccc5c(c4)OCO5)co3)CC2)cc1. The van der Waals surface area contributed by atoms with Gasteiger partial charge in [-0.25, -0.2) is 4.98 Å². The first-order chi connectivity index (χ1) is 18.6. The third kappa shape index (κ3) is 6.74. The second kappa shape index (κ2) is 12.2. The summed E-state index contributed by atoms with van der Waals surface area (Å²) in [5.41, 5.74) is 1.15. The van der Waals surface area contributed by atoms with E-state index >= 15 is 0 Å². The van der Waals surface area contributed by atoms with E-state index in [-0.39, 0.29) is 25.0 Å².